The summed E-state index contributed by atoms with van der Waals surface area (Å²) in [6, 6.07) is 10.8. The van der Waals surface area contributed by atoms with E-state index in [9.17, 15) is 14.7 Å². The highest BCUT2D eigenvalue weighted by molar-refractivity contribution is 6.12. The zero-order valence-corrected chi connectivity index (χ0v) is 23.6. The van der Waals surface area contributed by atoms with Crippen LogP contribution in [0.3, 0.4) is 0 Å². The first-order valence-electron chi connectivity index (χ1n) is 14.0. The van der Waals surface area contributed by atoms with E-state index in [1.807, 2.05) is 32.0 Å². The molecule has 2 fully saturated rings. The molecule has 1 heterocycles. The number of rotatable bonds is 8. The Morgan fingerprint density at radius 2 is 1.65 bits per heavy atom. The van der Waals surface area contributed by atoms with Gasteiger partial charge in [0.25, 0.3) is 0 Å². The number of esters is 1. The third-order valence-electron chi connectivity index (χ3n) is 8.27. The molecule has 2 saturated carbocycles. The largest absolute Gasteiger partial charge is 0.504 e. The van der Waals surface area contributed by atoms with Crippen LogP contribution in [0.4, 0.5) is 0 Å². The number of benzene rings is 2. The average molecular weight is 548 g/mol. The van der Waals surface area contributed by atoms with Crippen LogP contribution in [-0.4, -0.2) is 49.5 Å². The van der Waals surface area contributed by atoms with Crippen molar-refractivity contribution in [2.45, 2.75) is 70.3 Å². The zero-order valence-electron chi connectivity index (χ0n) is 23.6. The Morgan fingerprint density at radius 1 is 0.950 bits per heavy atom. The predicted molar refractivity (Wildman–Crippen MR) is 151 cm³/mol. The maximum atomic E-state index is 14.0. The van der Waals surface area contributed by atoms with E-state index in [4.69, 9.17) is 23.9 Å². The molecular weight excluding hydrogens is 510 g/mol. The van der Waals surface area contributed by atoms with Crippen LogP contribution in [0.15, 0.2) is 52.7 Å². The zero-order chi connectivity index (χ0) is 28.4. The van der Waals surface area contributed by atoms with Gasteiger partial charge in [0, 0.05) is 23.7 Å². The van der Waals surface area contributed by atoms with E-state index in [2.05, 4.69) is 0 Å². The fraction of sp³-hybridized carbons (Fsp3) is 0.469. The molecule has 1 aliphatic heterocycles. The fourth-order valence-corrected chi connectivity index (χ4v) is 6.36. The van der Waals surface area contributed by atoms with Gasteiger partial charge in [0.15, 0.2) is 23.0 Å². The Kier molecular flexibility index (Phi) is 8.14. The van der Waals surface area contributed by atoms with Gasteiger partial charge in [0.2, 0.25) is 0 Å². The number of methoxy groups -OCH3 is 2. The highest BCUT2D eigenvalue weighted by Gasteiger charge is 2.46. The lowest BCUT2D eigenvalue weighted by molar-refractivity contribution is -0.144. The van der Waals surface area contributed by atoms with Gasteiger partial charge in [0.05, 0.1) is 32.3 Å². The molecule has 5 rings (SSSR count). The van der Waals surface area contributed by atoms with Crippen molar-refractivity contribution in [3.05, 3.63) is 58.8 Å². The van der Waals surface area contributed by atoms with Crippen LogP contribution in [0, 0.1) is 5.92 Å². The van der Waals surface area contributed by atoms with E-state index >= 15 is 0 Å². The van der Waals surface area contributed by atoms with E-state index < -0.39 is 17.8 Å². The van der Waals surface area contributed by atoms with E-state index in [1.165, 1.54) is 0 Å². The number of hydrogen-bond donors (Lipinski definition) is 1. The summed E-state index contributed by atoms with van der Waals surface area (Å²) in [5.74, 6) is -0.114. The molecule has 2 aromatic rings. The van der Waals surface area contributed by atoms with Crippen LogP contribution in [0.5, 0.6) is 23.0 Å². The van der Waals surface area contributed by atoms with Crippen molar-refractivity contribution in [1.29, 1.82) is 0 Å². The highest BCUT2D eigenvalue weighted by atomic mass is 16.5. The highest BCUT2D eigenvalue weighted by Crippen LogP contribution is 2.48. The molecule has 2 aliphatic carbocycles. The molecule has 212 valence electrons. The minimum Gasteiger partial charge on any atom is -0.504 e. The number of allylic oxidation sites excluding steroid dienone is 1. The van der Waals surface area contributed by atoms with Crippen LogP contribution in [0.2, 0.25) is 0 Å². The SMILES string of the molecule is CCOc1cc([C@@H]2C(C(=O)OC3CCCC3)=C(C)N=C3C[C@@H](c4ccc(OC)c(OC)c4)CC(=O)C32)ccc1O. The smallest absolute Gasteiger partial charge is 0.336 e. The number of nitrogens with zero attached hydrogens (tertiary/aromatic N) is 1. The van der Waals surface area contributed by atoms with Crippen LogP contribution >= 0.6 is 0 Å². The second-order valence-electron chi connectivity index (χ2n) is 10.7. The third kappa shape index (κ3) is 5.31. The number of hydrogen-bond acceptors (Lipinski definition) is 8. The number of carbonyl (C=O) groups is 2. The van der Waals surface area contributed by atoms with Gasteiger partial charge in [0.1, 0.15) is 11.9 Å². The van der Waals surface area contributed by atoms with Crippen LogP contribution in [-0.2, 0) is 14.3 Å². The van der Waals surface area contributed by atoms with Gasteiger partial charge >= 0.3 is 5.97 Å². The molecule has 40 heavy (non-hydrogen) atoms. The van der Waals surface area contributed by atoms with Gasteiger partial charge in [-0.05, 0) is 87.3 Å². The van der Waals surface area contributed by atoms with Crippen molar-refractivity contribution >= 4 is 17.5 Å². The fourth-order valence-electron chi connectivity index (χ4n) is 6.36. The number of Topliss-reactive ketones (excluding diaryl/α,β-unsaturated/α-hetero) is 1. The van der Waals surface area contributed by atoms with Gasteiger partial charge < -0.3 is 24.1 Å². The molecule has 0 spiro atoms. The number of ether oxygens (including phenoxy) is 4. The number of ketones is 1. The third-order valence-corrected chi connectivity index (χ3v) is 8.27. The number of phenols is 1. The Labute approximate surface area is 235 Å². The van der Waals surface area contributed by atoms with Crippen LogP contribution in [0.1, 0.15) is 75.3 Å². The Hall–Kier alpha value is -3.81. The van der Waals surface area contributed by atoms with Crippen molar-refractivity contribution in [2.24, 2.45) is 10.9 Å². The Morgan fingerprint density at radius 3 is 2.35 bits per heavy atom. The molecule has 0 saturated heterocycles. The van der Waals surface area contributed by atoms with E-state index in [1.54, 1.807) is 32.4 Å². The maximum absolute atomic E-state index is 14.0. The number of fused-ring (bicyclic) bond motifs is 1. The molecule has 3 aliphatic rings. The lowest BCUT2D eigenvalue weighted by atomic mass is 9.66. The monoisotopic (exact) mass is 547 g/mol. The second-order valence-corrected chi connectivity index (χ2v) is 10.7. The average Bonchev–Trinajstić information content (AvgIpc) is 3.46. The molecule has 1 N–H and O–H groups in total. The lowest BCUT2D eigenvalue weighted by Crippen LogP contribution is -2.41. The number of aromatic hydroxyl groups is 1. The van der Waals surface area contributed by atoms with E-state index in [0.717, 1.165) is 37.0 Å². The predicted octanol–water partition coefficient (Wildman–Crippen LogP) is 5.87. The first kappa shape index (κ1) is 27.7. The molecule has 8 nitrogen and oxygen atoms in total. The Balaban J connectivity index is 1.55. The van der Waals surface area contributed by atoms with Crippen LogP contribution in [0.25, 0.3) is 0 Å². The molecule has 0 aromatic heterocycles. The summed E-state index contributed by atoms with van der Waals surface area (Å²) in [6.45, 7) is 4.02. The van der Waals surface area contributed by atoms with Gasteiger partial charge in [-0.15, -0.1) is 0 Å². The Bertz CT molecular complexity index is 1360. The molecule has 0 amide bonds. The molecule has 8 heteroatoms. The second kappa shape index (κ2) is 11.7. The molecule has 2 aromatic carbocycles. The summed E-state index contributed by atoms with van der Waals surface area (Å²) in [7, 11) is 3.18. The summed E-state index contributed by atoms with van der Waals surface area (Å²) >= 11 is 0. The van der Waals surface area contributed by atoms with Gasteiger partial charge in [-0.25, -0.2) is 4.79 Å². The quantitative estimate of drug-likeness (QED) is 0.412. The van der Waals surface area contributed by atoms with E-state index in [0.29, 0.717) is 53.5 Å². The molecule has 0 radical (unpaired) electrons. The summed E-state index contributed by atoms with van der Waals surface area (Å²) in [5.41, 5.74) is 3.41. The number of carbonyl (C=O) groups excluding carboxylic acids is 2. The van der Waals surface area contributed by atoms with Gasteiger partial charge in [-0.2, -0.15) is 0 Å². The normalized spacial score (nSPS) is 22.9. The number of aliphatic imine (C=N–C) groups is 1. The molecule has 0 bridgehead atoms. The summed E-state index contributed by atoms with van der Waals surface area (Å²) in [6.07, 6.45) is 4.53. The van der Waals surface area contributed by atoms with Crippen LogP contribution < -0.4 is 14.2 Å². The molecule has 3 atom stereocenters. The summed E-state index contributed by atoms with van der Waals surface area (Å²) in [4.78, 5) is 32.5. The van der Waals surface area contributed by atoms with Crippen molar-refractivity contribution < 1.29 is 33.6 Å². The minimum atomic E-state index is -0.606. The lowest BCUT2D eigenvalue weighted by Gasteiger charge is -2.38. The summed E-state index contributed by atoms with van der Waals surface area (Å²) < 4.78 is 22.5. The number of phenolic OH excluding ortho intramolecular Hbond substituents is 1. The van der Waals surface area contributed by atoms with Gasteiger partial charge in [-0.3, -0.25) is 9.79 Å². The maximum Gasteiger partial charge on any atom is 0.336 e. The first-order chi connectivity index (χ1) is 19.3. The van der Waals surface area contributed by atoms with Crippen molar-refractivity contribution in [1.82, 2.24) is 0 Å². The first-order valence-corrected chi connectivity index (χ1v) is 14.0. The van der Waals surface area contributed by atoms with Crippen molar-refractivity contribution in [3.63, 3.8) is 0 Å². The van der Waals surface area contributed by atoms with Gasteiger partial charge in [-0.1, -0.05) is 12.1 Å². The molecular formula is C32H37NO7. The minimum absolute atomic E-state index is 0.00886. The van der Waals surface area contributed by atoms with Crippen molar-refractivity contribution in [3.8, 4) is 23.0 Å². The standard InChI is InChI=1S/C32H37NO7/c1-5-39-27-17-20(10-12-24(27)34)30-29(32(36)40-22-8-6-7-9-22)18(2)33-23-14-21(15-25(35)31(23)30)19-11-13-26(37-3)28(16-19)38-4/h10-13,16-17,21-22,30-31,34H,5-9,14-15H2,1-4H3/t21-,30-,31?/m1/s1. The van der Waals surface area contributed by atoms with Crippen molar-refractivity contribution in [2.75, 3.05) is 20.8 Å². The van der Waals surface area contributed by atoms with E-state index in [-0.39, 0.29) is 23.6 Å². The topological polar surface area (TPSA) is 104 Å². The molecule has 1 unspecified atom stereocenters. The summed E-state index contributed by atoms with van der Waals surface area (Å²) in [5, 5.41) is 10.4.